The van der Waals surface area contributed by atoms with E-state index in [1.165, 1.54) is 0 Å². The average Bonchev–Trinajstić information content (AvgIpc) is 2.36. The normalized spacial score (nSPS) is 10.4. The van der Waals surface area contributed by atoms with Crippen molar-refractivity contribution in [3.05, 3.63) is 45.5 Å². The molecule has 0 aliphatic rings. The van der Waals surface area contributed by atoms with Gasteiger partial charge in [-0.3, -0.25) is 10.1 Å². The molecule has 0 heterocycles. The summed E-state index contributed by atoms with van der Waals surface area (Å²) in [6, 6.07) is 5.41. The lowest BCUT2D eigenvalue weighted by molar-refractivity contribution is -0.385. The SMILES string of the molecule is CC(C)=CCOc1ccc(CNC(C)C)cc1[N+](=O)[O-]. The standard InChI is InChI=1S/C15H22N2O3/c1-11(2)7-8-20-15-6-5-13(10-16-12(3)4)9-14(15)17(18)19/h5-7,9,12,16H,8,10H2,1-4H3. The van der Waals surface area contributed by atoms with Crippen LogP contribution in [0.15, 0.2) is 29.8 Å². The Morgan fingerprint density at radius 2 is 2.15 bits per heavy atom. The molecule has 0 unspecified atom stereocenters. The third-order valence-electron chi connectivity index (χ3n) is 2.66. The van der Waals surface area contributed by atoms with Crippen molar-refractivity contribution in [3.8, 4) is 5.75 Å². The molecule has 0 saturated heterocycles. The predicted molar refractivity (Wildman–Crippen MR) is 80.0 cm³/mol. The van der Waals surface area contributed by atoms with Gasteiger partial charge in [-0.25, -0.2) is 0 Å². The average molecular weight is 278 g/mol. The van der Waals surface area contributed by atoms with Crippen LogP contribution >= 0.6 is 0 Å². The molecule has 0 fully saturated rings. The molecule has 1 aromatic carbocycles. The van der Waals surface area contributed by atoms with Crippen molar-refractivity contribution in [3.63, 3.8) is 0 Å². The Bertz CT molecular complexity index is 492. The molecule has 0 saturated carbocycles. The number of nitro benzene ring substituents is 1. The van der Waals surface area contributed by atoms with Crippen molar-refractivity contribution in [2.75, 3.05) is 6.61 Å². The highest BCUT2D eigenvalue weighted by Gasteiger charge is 2.15. The lowest BCUT2D eigenvalue weighted by atomic mass is 10.2. The number of nitro groups is 1. The molecule has 20 heavy (non-hydrogen) atoms. The van der Waals surface area contributed by atoms with Gasteiger partial charge >= 0.3 is 5.69 Å². The van der Waals surface area contributed by atoms with Crippen LogP contribution in [0.25, 0.3) is 0 Å². The highest BCUT2D eigenvalue weighted by molar-refractivity contribution is 5.48. The molecule has 1 rings (SSSR count). The highest BCUT2D eigenvalue weighted by atomic mass is 16.6. The second kappa shape index (κ2) is 7.65. The lowest BCUT2D eigenvalue weighted by Gasteiger charge is -2.10. The van der Waals surface area contributed by atoms with Crippen LogP contribution in [0, 0.1) is 10.1 Å². The van der Waals surface area contributed by atoms with Gasteiger partial charge in [0, 0.05) is 18.7 Å². The van der Waals surface area contributed by atoms with E-state index in [2.05, 4.69) is 5.32 Å². The quantitative estimate of drug-likeness (QED) is 0.471. The summed E-state index contributed by atoms with van der Waals surface area (Å²) in [5, 5.41) is 14.3. The lowest BCUT2D eigenvalue weighted by Crippen LogP contribution is -2.21. The van der Waals surface area contributed by atoms with Gasteiger partial charge in [0.25, 0.3) is 0 Å². The van der Waals surface area contributed by atoms with Crippen LogP contribution in [0.5, 0.6) is 5.75 Å². The molecule has 110 valence electrons. The fourth-order valence-electron chi connectivity index (χ4n) is 1.56. The second-order valence-electron chi connectivity index (χ2n) is 5.19. The van der Waals surface area contributed by atoms with Crippen LogP contribution in [0.2, 0.25) is 0 Å². The topological polar surface area (TPSA) is 64.4 Å². The van der Waals surface area contributed by atoms with E-state index in [4.69, 9.17) is 4.74 Å². The summed E-state index contributed by atoms with van der Waals surface area (Å²) in [7, 11) is 0. The summed E-state index contributed by atoms with van der Waals surface area (Å²) >= 11 is 0. The maximum absolute atomic E-state index is 11.1. The molecule has 0 radical (unpaired) electrons. The summed E-state index contributed by atoms with van der Waals surface area (Å²) in [4.78, 5) is 10.7. The number of benzene rings is 1. The van der Waals surface area contributed by atoms with Gasteiger partial charge in [0.1, 0.15) is 6.61 Å². The first-order valence-corrected chi connectivity index (χ1v) is 6.67. The third-order valence-corrected chi connectivity index (χ3v) is 2.66. The number of allylic oxidation sites excluding steroid dienone is 1. The van der Waals surface area contributed by atoms with Gasteiger partial charge in [0.05, 0.1) is 4.92 Å². The molecule has 5 heteroatoms. The van der Waals surface area contributed by atoms with Crippen LogP contribution in [0.1, 0.15) is 33.3 Å². The van der Waals surface area contributed by atoms with E-state index in [1.807, 2.05) is 39.8 Å². The van der Waals surface area contributed by atoms with Crippen molar-refractivity contribution in [1.82, 2.24) is 5.32 Å². The van der Waals surface area contributed by atoms with E-state index in [-0.39, 0.29) is 5.69 Å². The van der Waals surface area contributed by atoms with Crippen molar-refractivity contribution in [2.24, 2.45) is 0 Å². The first-order chi connectivity index (χ1) is 9.40. The Hall–Kier alpha value is -1.88. The Kier molecular flexibility index (Phi) is 6.18. The maximum atomic E-state index is 11.1. The first-order valence-electron chi connectivity index (χ1n) is 6.67. The smallest absolute Gasteiger partial charge is 0.311 e. The van der Waals surface area contributed by atoms with Gasteiger partial charge < -0.3 is 10.1 Å². The minimum Gasteiger partial charge on any atom is -0.483 e. The molecule has 0 atom stereocenters. The van der Waals surface area contributed by atoms with Gasteiger partial charge in [-0.05, 0) is 31.6 Å². The summed E-state index contributed by atoms with van der Waals surface area (Å²) in [6.07, 6.45) is 1.89. The number of hydrogen-bond acceptors (Lipinski definition) is 4. The van der Waals surface area contributed by atoms with Crippen molar-refractivity contribution >= 4 is 5.69 Å². The van der Waals surface area contributed by atoms with Crippen LogP contribution < -0.4 is 10.1 Å². The molecule has 1 aromatic rings. The Balaban J connectivity index is 2.84. The monoisotopic (exact) mass is 278 g/mol. The molecular weight excluding hydrogens is 256 g/mol. The largest absolute Gasteiger partial charge is 0.483 e. The molecule has 1 N–H and O–H groups in total. The highest BCUT2D eigenvalue weighted by Crippen LogP contribution is 2.28. The molecule has 0 aliphatic carbocycles. The zero-order valence-corrected chi connectivity index (χ0v) is 12.5. The van der Waals surface area contributed by atoms with Crippen LogP contribution in [0.4, 0.5) is 5.69 Å². The van der Waals surface area contributed by atoms with Crippen LogP contribution in [-0.4, -0.2) is 17.6 Å². The molecule has 0 amide bonds. The van der Waals surface area contributed by atoms with Crippen LogP contribution in [-0.2, 0) is 6.54 Å². The van der Waals surface area contributed by atoms with E-state index < -0.39 is 4.92 Å². The Morgan fingerprint density at radius 1 is 1.45 bits per heavy atom. The Labute approximate surface area is 119 Å². The number of nitrogens with one attached hydrogen (secondary N) is 1. The first kappa shape index (κ1) is 16.2. The number of rotatable bonds is 7. The number of nitrogens with zero attached hydrogens (tertiary/aromatic N) is 1. The van der Waals surface area contributed by atoms with E-state index in [1.54, 1.807) is 12.1 Å². The summed E-state index contributed by atoms with van der Waals surface area (Å²) in [5.74, 6) is 0.306. The minimum absolute atomic E-state index is 0.00946. The van der Waals surface area contributed by atoms with E-state index in [0.29, 0.717) is 24.9 Å². The third kappa shape index (κ3) is 5.40. The van der Waals surface area contributed by atoms with Gasteiger partial charge in [-0.15, -0.1) is 0 Å². The summed E-state index contributed by atoms with van der Waals surface area (Å²) in [6.45, 7) is 8.92. The fraction of sp³-hybridized carbons (Fsp3) is 0.467. The zero-order chi connectivity index (χ0) is 15.1. The molecule has 0 aromatic heterocycles. The fourth-order valence-corrected chi connectivity index (χ4v) is 1.56. The van der Waals surface area contributed by atoms with E-state index >= 15 is 0 Å². The van der Waals surface area contributed by atoms with Gasteiger partial charge in [-0.2, -0.15) is 0 Å². The van der Waals surface area contributed by atoms with Crippen molar-refractivity contribution in [1.29, 1.82) is 0 Å². The molecule has 0 aliphatic heterocycles. The molecule has 0 bridgehead atoms. The summed E-state index contributed by atoms with van der Waals surface area (Å²) < 4.78 is 5.45. The zero-order valence-electron chi connectivity index (χ0n) is 12.5. The Morgan fingerprint density at radius 3 is 2.70 bits per heavy atom. The van der Waals surface area contributed by atoms with Gasteiger partial charge in [-0.1, -0.05) is 25.5 Å². The maximum Gasteiger partial charge on any atom is 0.311 e. The van der Waals surface area contributed by atoms with Crippen molar-refractivity contribution in [2.45, 2.75) is 40.3 Å². The molecule has 0 spiro atoms. The molecular formula is C15H22N2O3. The number of hydrogen-bond donors (Lipinski definition) is 1. The minimum atomic E-state index is -0.406. The predicted octanol–water partition coefficient (Wildman–Crippen LogP) is 3.44. The van der Waals surface area contributed by atoms with E-state index in [9.17, 15) is 10.1 Å². The van der Waals surface area contributed by atoms with Gasteiger partial charge in [0.2, 0.25) is 0 Å². The van der Waals surface area contributed by atoms with Crippen molar-refractivity contribution < 1.29 is 9.66 Å². The van der Waals surface area contributed by atoms with Crippen LogP contribution in [0.3, 0.4) is 0 Å². The van der Waals surface area contributed by atoms with E-state index in [0.717, 1.165) is 11.1 Å². The van der Waals surface area contributed by atoms with Gasteiger partial charge in [0.15, 0.2) is 5.75 Å². The second-order valence-corrected chi connectivity index (χ2v) is 5.19. The number of ether oxygens (including phenoxy) is 1. The molecule has 5 nitrogen and oxygen atoms in total. The summed E-state index contributed by atoms with van der Waals surface area (Å²) in [5.41, 5.74) is 2.00.